The molecule has 24 heavy (non-hydrogen) atoms. The lowest BCUT2D eigenvalue weighted by molar-refractivity contribution is -0.120. The summed E-state index contributed by atoms with van der Waals surface area (Å²) < 4.78 is 11.5. The van der Waals surface area contributed by atoms with E-state index in [0.29, 0.717) is 18.0 Å². The van der Waals surface area contributed by atoms with Crippen LogP contribution in [0.4, 0.5) is 0 Å². The zero-order valence-electron chi connectivity index (χ0n) is 13.8. The Hall–Kier alpha value is -1.66. The molecule has 0 heterocycles. The number of benzene rings is 2. The maximum Gasteiger partial charge on any atom is 0.233 e. The molecule has 128 valence electrons. The van der Waals surface area contributed by atoms with Crippen LogP contribution in [-0.4, -0.2) is 25.4 Å². The van der Waals surface area contributed by atoms with E-state index in [4.69, 9.17) is 9.47 Å². The van der Waals surface area contributed by atoms with Gasteiger partial charge in [-0.25, -0.2) is 0 Å². The minimum atomic E-state index is -0.175. The second-order valence-corrected chi connectivity index (χ2v) is 7.45. The van der Waals surface area contributed by atoms with E-state index in [0.717, 1.165) is 14.9 Å². The third kappa shape index (κ3) is 5.18. The molecule has 0 saturated heterocycles. The number of thioether (sulfide) groups is 1. The van der Waals surface area contributed by atoms with Crippen LogP contribution in [0.15, 0.2) is 51.8 Å². The number of hydrogen-bond acceptors (Lipinski definition) is 4. The van der Waals surface area contributed by atoms with E-state index in [1.54, 1.807) is 14.2 Å². The van der Waals surface area contributed by atoms with Crippen molar-refractivity contribution in [3.8, 4) is 11.5 Å². The first kappa shape index (κ1) is 18.7. The summed E-state index contributed by atoms with van der Waals surface area (Å²) in [7, 11) is 3.19. The van der Waals surface area contributed by atoms with E-state index < -0.39 is 0 Å². The van der Waals surface area contributed by atoms with Crippen LogP contribution in [0.25, 0.3) is 0 Å². The highest BCUT2D eigenvalue weighted by atomic mass is 79.9. The van der Waals surface area contributed by atoms with Crippen LogP contribution in [0.3, 0.4) is 0 Å². The molecule has 6 heteroatoms. The van der Waals surface area contributed by atoms with Gasteiger partial charge in [-0.1, -0.05) is 22.0 Å². The second kappa shape index (κ2) is 8.99. The molecular formula is C18H20BrNO3S. The molecule has 0 saturated carbocycles. The Balaban J connectivity index is 1.91. The quantitative estimate of drug-likeness (QED) is 0.693. The van der Waals surface area contributed by atoms with Crippen LogP contribution in [0.1, 0.15) is 12.5 Å². The van der Waals surface area contributed by atoms with Crippen molar-refractivity contribution >= 4 is 33.6 Å². The predicted octanol–water partition coefficient (Wildman–Crippen LogP) is 4.26. The molecule has 2 rings (SSSR count). The van der Waals surface area contributed by atoms with Crippen molar-refractivity contribution < 1.29 is 14.3 Å². The topological polar surface area (TPSA) is 47.6 Å². The Morgan fingerprint density at radius 3 is 2.42 bits per heavy atom. The van der Waals surface area contributed by atoms with Crippen molar-refractivity contribution in [3.05, 3.63) is 52.5 Å². The molecule has 1 amide bonds. The van der Waals surface area contributed by atoms with Crippen LogP contribution in [-0.2, 0) is 11.3 Å². The van der Waals surface area contributed by atoms with Gasteiger partial charge in [0.25, 0.3) is 0 Å². The molecule has 1 unspecified atom stereocenters. The SMILES string of the molecule is COc1ccc(CNC(=O)C(C)Sc2ccc(Br)cc2)cc1OC. The molecule has 0 spiro atoms. The van der Waals surface area contributed by atoms with Gasteiger partial charge in [0.2, 0.25) is 5.91 Å². The van der Waals surface area contributed by atoms with Crippen molar-refractivity contribution in [1.82, 2.24) is 5.32 Å². The van der Waals surface area contributed by atoms with Crippen molar-refractivity contribution in [2.75, 3.05) is 14.2 Å². The fourth-order valence-electron chi connectivity index (χ4n) is 2.09. The van der Waals surface area contributed by atoms with Gasteiger partial charge in [0.15, 0.2) is 11.5 Å². The highest BCUT2D eigenvalue weighted by Gasteiger charge is 2.14. The van der Waals surface area contributed by atoms with Gasteiger partial charge in [0, 0.05) is 15.9 Å². The number of carbonyl (C=O) groups excluding carboxylic acids is 1. The van der Waals surface area contributed by atoms with Gasteiger partial charge in [-0.05, 0) is 48.9 Å². The maximum atomic E-state index is 12.3. The largest absolute Gasteiger partial charge is 0.493 e. The van der Waals surface area contributed by atoms with Gasteiger partial charge in [-0.3, -0.25) is 4.79 Å². The molecule has 2 aromatic carbocycles. The van der Waals surface area contributed by atoms with Crippen molar-refractivity contribution in [3.63, 3.8) is 0 Å². The fourth-order valence-corrected chi connectivity index (χ4v) is 3.25. The van der Waals surface area contributed by atoms with E-state index in [1.807, 2.05) is 49.4 Å². The molecule has 4 nitrogen and oxygen atoms in total. The zero-order valence-corrected chi connectivity index (χ0v) is 16.2. The number of ether oxygens (including phenoxy) is 2. The average Bonchev–Trinajstić information content (AvgIpc) is 2.61. The summed E-state index contributed by atoms with van der Waals surface area (Å²) in [6.07, 6.45) is 0. The average molecular weight is 410 g/mol. The summed E-state index contributed by atoms with van der Waals surface area (Å²) in [6.45, 7) is 2.35. The second-order valence-electron chi connectivity index (χ2n) is 5.12. The molecule has 2 aromatic rings. The van der Waals surface area contributed by atoms with E-state index >= 15 is 0 Å². The number of carbonyl (C=O) groups is 1. The first-order valence-corrected chi connectivity index (χ1v) is 9.11. The molecule has 1 N–H and O–H groups in total. The highest BCUT2D eigenvalue weighted by molar-refractivity contribution is 9.10. The zero-order chi connectivity index (χ0) is 17.5. The first-order valence-electron chi connectivity index (χ1n) is 7.44. The summed E-state index contributed by atoms with van der Waals surface area (Å²) in [6, 6.07) is 13.5. The number of halogens is 1. The highest BCUT2D eigenvalue weighted by Crippen LogP contribution is 2.28. The van der Waals surface area contributed by atoms with Gasteiger partial charge in [0.1, 0.15) is 0 Å². The smallest absolute Gasteiger partial charge is 0.233 e. The molecule has 0 bridgehead atoms. The van der Waals surface area contributed by atoms with E-state index in [9.17, 15) is 4.79 Å². The van der Waals surface area contributed by atoms with Gasteiger partial charge in [0.05, 0.1) is 19.5 Å². The van der Waals surface area contributed by atoms with E-state index in [1.165, 1.54) is 11.8 Å². The minimum Gasteiger partial charge on any atom is -0.493 e. The molecule has 0 aliphatic rings. The Morgan fingerprint density at radius 1 is 1.12 bits per heavy atom. The van der Waals surface area contributed by atoms with Crippen LogP contribution in [0.5, 0.6) is 11.5 Å². The number of hydrogen-bond donors (Lipinski definition) is 1. The molecule has 0 aliphatic carbocycles. The van der Waals surface area contributed by atoms with E-state index in [2.05, 4.69) is 21.2 Å². The summed E-state index contributed by atoms with van der Waals surface area (Å²) in [5.41, 5.74) is 0.960. The third-order valence-corrected chi connectivity index (χ3v) is 5.05. The standard InChI is InChI=1S/C18H20BrNO3S/c1-12(24-15-7-5-14(19)6-8-15)18(21)20-11-13-4-9-16(22-2)17(10-13)23-3/h4-10,12H,11H2,1-3H3,(H,20,21). The number of nitrogens with one attached hydrogen (secondary N) is 1. The molecule has 0 aromatic heterocycles. The van der Waals surface area contributed by atoms with Gasteiger partial charge < -0.3 is 14.8 Å². The van der Waals surface area contributed by atoms with Gasteiger partial charge in [-0.2, -0.15) is 0 Å². The maximum absolute atomic E-state index is 12.3. The first-order chi connectivity index (χ1) is 11.5. The summed E-state index contributed by atoms with van der Waals surface area (Å²) in [5, 5.41) is 2.78. The Morgan fingerprint density at radius 2 is 1.79 bits per heavy atom. The fraction of sp³-hybridized carbons (Fsp3) is 0.278. The summed E-state index contributed by atoms with van der Waals surface area (Å²) in [5.74, 6) is 1.32. The Labute approximate surface area is 155 Å². The Kier molecular flexibility index (Phi) is 6.99. The van der Waals surface area contributed by atoms with E-state index in [-0.39, 0.29) is 11.2 Å². The number of amides is 1. The lowest BCUT2D eigenvalue weighted by atomic mass is 10.2. The van der Waals surface area contributed by atoms with Crippen molar-refractivity contribution in [2.24, 2.45) is 0 Å². The summed E-state index contributed by atoms with van der Waals surface area (Å²) >= 11 is 4.94. The molecule has 0 aliphatic heterocycles. The minimum absolute atomic E-state index is 0.00213. The van der Waals surface area contributed by atoms with Crippen LogP contribution >= 0.6 is 27.7 Å². The monoisotopic (exact) mass is 409 g/mol. The Bertz CT molecular complexity index is 691. The van der Waals surface area contributed by atoms with Crippen LogP contribution in [0.2, 0.25) is 0 Å². The number of rotatable bonds is 7. The lowest BCUT2D eigenvalue weighted by Crippen LogP contribution is -2.30. The van der Waals surface area contributed by atoms with Crippen molar-refractivity contribution in [2.45, 2.75) is 23.6 Å². The molecule has 0 radical (unpaired) electrons. The molecular weight excluding hydrogens is 390 g/mol. The third-order valence-electron chi connectivity index (χ3n) is 3.41. The van der Waals surface area contributed by atoms with Crippen LogP contribution < -0.4 is 14.8 Å². The summed E-state index contributed by atoms with van der Waals surface area (Å²) in [4.78, 5) is 13.3. The normalized spacial score (nSPS) is 11.7. The number of methoxy groups -OCH3 is 2. The molecule has 0 fully saturated rings. The van der Waals surface area contributed by atoms with Gasteiger partial charge >= 0.3 is 0 Å². The molecule has 1 atom stereocenters. The van der Waals surface area contributed by atoms with Gasteiger partial charge in [-0.15, -0.1) is 11.8 Å². The van der Waals surface area contributed by atoms with Crippen LogP contribution in [0, 0.1) is 0 Å². The predicted molar refractivity (Wildman–Crippen MR) is 101 cm³/mol. The lowest BCUT2D eigenvalue weighted by Gasteiger charge is -2.13. The van der Waals surface area contributed by atoms with Crippen molar-refractivity contribution in [1.29, 1.82) is 0 Å².